The molecule has 0 spiro atoms. The number of carboxylic acid groups (broad SMARTS) is 1. The summed E-state index contributed by atoms with van der Waals surface area (Å²) >= 11 is 0. The summed E-state index contributed by atoms with van der Waals surface area (Å²) < 4.78 is 4.23. The number of carbonyl (C=O) groups excluding carboxylic acids is 7. The summed E-state index contributed by atoms with van der Waals surface area (Å²) in [5.74, 6) is -8.34. The van der Waals surface area contributed by atoms with Crippen molar-refractivity contribution >= 4 is 47.3 Å². The van der Waals surface area contributed by atoms with Crippen molar-refractivity contribution in [1.29, 1.82) is 0 Å². The summed E-state index contributed by atoms with van der Waals surface area (Å²) in [6.45, 7) is 1.38. The third-order valence-electron chi connectivity index (χ3n) is 11.4. The first kappa shape index (κ1) is 60.0. The summed E-state index contributed by atoms with van der Waals surface area (Å²) in [7, 11) is 0. The van der Waals surface area contributed by atoms with Crippen molar-refractivity contribution in [3.05, 3.63) is 130 Å². The highest BCUT2D eigenvalue weighted by molar-refractivity contribution is 5.95. The number of aromatic nitrogens is 8. The Morgan fingerprint density at radius 1 is 0.429 bits per heavy atom. The zero-order chi connectivity index (χ0) is 57.3. The Labute approximate surface area is 431 Å². The molecule has 4 rings (SSSR count). The quantitative estimate of drug-likeness (QED) is 0.0264. The molecule has 4 aromatic heterocycles. The highest BCUT2D eigenvalue weighted by atomic mass is 16.4. The molecular formula is C44H58N16O17. The van der Waals surface area contributed by atoms with E-state index in [0.29, 0.717) is 0 Å². The number of aliphatic carboxylic acids is 1. The largest absolute Gasteiger partial charge is 0.480 e. The number of rotatable bonds is 27. The fraction of sp³-hybridized carbons (Fsp3) is 0.455. The first-order valence-corrected chi connectivity index (χ1v) is 23.4. The van der Waals surface area contributed by atoms with E-state index in [9.17, 15) is 76.7 Å². The van der Waals surface area contributed by atoms with Gasteiger partial charge in [-0.2, -0.15) is 0 Å². The maximum atomic E-state index is 13.7. The molecule has 0 aliphatic heterocycles. The van der Waals surface area contributed by atoms with Gasteiger partial charge in [0.1, 0.15) is 24.7 Å². The van der Waals surface area contributed by atoms with Gasteiger partial charge in [-0.15, -0.1) is 0 Å². The van der Waals surface area contributed by atoms with E-state index in [4.69, 9.17) is 10.8 Å². The first-order chi connectivity index (χ1) is 36.2. The van der Waals surface area contributed by atoms with Crippen LogP contribution in [0.5, 0.6) is 0 Å². The molecule has 0 fully saturated rings. The molecule has 0 aliphatic rings. The molecule has 33 nitrogen and oxygen atoms in total. The molecule has 7 amide bonds. The topological polar surface area (TPSA) is 486 Å². The van der Waals surface area contributed by atoms with Crippen molar-refractivity contribution in [2.45, 2.75) is 104 Å². The Morgan fingerprint density at radius 2 is 0.675 bits per heavy atom. The number of aromatic amines is 4. The maximum Gasteiger partial charge on any atom is 0.328 e. The zero-order valence-corrected chi connectivity index (χ0v) is 41.9. The van der Waals surface area contributed by atoms with E-state index >= 15 is 0 Å². The Morgan fingerprint density at radius 3 is 0.948 bits per heavy atom. The Kier molecular flexibility index (Phi) is 21.5. The van der Waals surface area contributed by atoms with Gasteiger partial charge < -0.3 is 66.3 Å². The van der Waals surface area contributed by atoms with Crippen LogP contribution in [0.25, 0.3) is 0 Å². The van der Waals surface area contributed by atoms with Crippen LogP contribution in [0.3, 0.4) is 0 Å². The second kappa shape index (κ2) is 27.7. The van der Waals surface area contributed by atoms with Gasteiger partial charge in [-0.3, -0.25) is 77.5 Å². The fourth-order valence-electron chi connectivity index (χ4n) is 7.06. The molecule has 4 aromatic rings. The van der Waals surface area contributed by atoms with Crippen molar-refractivity contribution in [2.24, 2.45) is 5.73 Å². The summed E-state index contributed by atoms with van der Waals surface area (Å²) in [5, 5.41) is 25.1. The highest BCUT2D eigenvalue weighted by Crippen LogP contribution is 2.02. The molecule has 0 saturated heterocycles. The Bertz CT molecular complexity index is 3400. The first-order valence-electron chi connectivity index (χ1n) is 23.4. The van der Waals surface area contributed by atoms with Crippen LogP contribution in [0.15, 0.2) is 63.1 Å². The van der Waals surface area contributed by atoms with Crippen molar-refractivity contribution in [1.82, 2.24) is 75.4 Å². The van der Waals surface area contributed by atoms with E-state index in [-0.39, 0.29) is 67.7 Å². The summed E-state index contributed by atoms with van der Waals surface area (Å²) in [6, 6.07) is -5.88. The van der Waals surface area contributed by atoms with E-state index < -0.39 is 149 Å². The minimum absolute atomic E-state index is 0.0807. The molecule has 416 valence electrons. The number of carbonyl (C=O) groups is 8. The van der Waals surface area contributed by atoms with Crippen LogP contribution in [0, 0.1) is 27.7 Å². The SMILES string of the molecule is Cc1cn(CCC(N)C(=O)NCC(=O)NC(CCn2cc(C)c(=O)[nH]c2=O)C(=O)NCC(=O)NC(CCn2cc(C)c(=O)[nH]c2=O)C(=O)NCC(=O)NC(CCn2cc(C)c(=O)[nH]c2=O)C(=O)NCC(=O)O)c(=O)[nH]c1=O. The Balaban J connectivity index is 1.46. The number of aryl methyl sites for hydroxylation is 8. The van der Waals surface area contributed by atoms with E-state index in [2.05, 4.69) is 57.2 Å². The van der Waals surface area contributed by atoms with Gasteiger partial charge in [-0.1, -0.05) is 0 Å². The minimum atomic E-state index is -1.60. The molecule has 0 bridgehead atoms. The molecule has 4 atom stereocenters. The number of nitrogens with zero attached hydrogens (tertiary/aromatic N) is 4. The van der Waals surface area contributed by atoms with E-state index in [1.54, 1.807) is 0 Å². The normalized spacial score (nSPS) is 12.5. The lowest BCUT2D eigenvalue weighted by molar-refractivity contribution is -0.138. The molecule has 0 saturated carbocycles. The number of hydrogen-bond donors (Lipinski definition) is 13. The number of H-pyrrole nitrogens is 4. The number of nitrogens with one attached hydrogen (secondary N) is 11. The smallest absolute Gasteiger partial charge is 0.328 e. The molecule has 4 heterocycles. The molecular weight excluding hydrogens is 1020 g/mol. The monoisotopic (exact) mass is 1080 g/mol. The molecule has 0 aliphatic carbocycles. The van der Waals surface area contributed by atoms with Crippen LogP contribution < -0.4 is 87.9 Å². The van der Waals surface area contributed by atoms with E-state index in [0.717, 1.165) is 18.3 Å². The van der Waals surface area contributed by atoms with Gasteiger partial charge in [-0.05, 0) is 53.4 Å². The lowest BCUT2D eigenvalue weighted by Crippen LogP contribution is -2.55. The highest BCUT2D eigenvalue weighted by Gasteiger charge is 2.27. The van der Waals surface area contributed by atoms with Gasteiger partial charge in [0, 0.05) is 73.2 Å². The summed E-state index contributed by atoms with van der Waals surface area (Å²) in [6.07, 6.45) is 3.71. The lowest BCUT2D eigenvalue weighted by atomic mass is 10.1. The number of hydrogen-bond acceptors (Lipinski definition) is 17. The molecule has 77 heavy (non-hydrogen) atoms. The summed E-state index contributed by atoms with van der Waals surface area (Å²) in [5.41, 5.74) is 0.637. The third kappa shape index (κ3) is 18.4. The van der Waals surface area contributed by atoms with Gasteiger partial charge in [0.25, 0.3) is 22.2 Å². The second-order valence-corrected chi connectivity index (χ2v) is 17.4. The average Bonchev–Trinajstić information content (AvgIpc) is 3.36. The molecule has 33 heteroatoms. The van der Waals surface area contributed by atoms with Gasteiger partial charge in [0.05, 0.1) is 25.7 Å². The Hall–Kier alpha value is -9.56. The zero-order valence-electron chi connectivity index (χ0n) is 41.9. The van der Waals surface area contributed by atoms with Crippen LogP contribution in [-0.4, -0.2) is 141 Å². The minimum Gasteiger partial charge on any atom is -0.480 e. The van der Waals surface area contributed by atoms with Crippen LogP contribution in [-0.2, 0) is 64.5 Å². The van der Waals surface area contributed by atoms with Crippen LogP contribution in [0.1, 0.15) is 47.9 Å². The van der Waals surface area contributed by atoms with Gasteiger partial charge >= 0.3 is 28.7 Å². The van der Waals surface area contributed by atoms with Gasteiger partial charge in [0.15, 0.2) is 0 Å². The van der Waals surface area contributed by atoms with Crippen LogP contribution in [0.2, 0.25) is 0 Å². The van der Waals surface area contributed by atoms with Crippen LogP contribution in [0.4, 0.5) is 0 Å². The van der Waals surface area contributed by atoms with Gasteiger partial charge in [-0.25, -0.2) is 19.2 Å². The van der Waals surface area contributed by atoms with Crippen molar-refractivity contribution in [2.75, 3.05) is 26.2 Å². The van der Waals surface area contributed by atoms with Crippen molar-refractivity contribution < 1.29 is 43.5 Å². The third-order valence-corrected chi connectivity index (χ3v) is 11.4. The predicted molar refractivity (Wildman–Crippen MR) is 266 cm³/mol. The number of nitrogens with two attached hydrogens (primary N) is 1. The number of amides is 7. The second-order valence-electron chi connectivity index (χ2n) is 17.4. The predicted octanol–water partition coefficient (Wildman–Crippen LogP) is -8.69. The van der Waals surface area contributed by atoms with Gasteiger partial charge in [0.2, 0.25) is 41.4 Å². The van der Waals surface area contributed by atoms with Crippen LogP contribution >= 0.6 is 0 Å². The maximum absolute atomic E-state index is 13.7. The van der Waals surface area contributed by atoms with Crippen molar-refractivity contribution in [3.8, 4) is 0 Å². The standard InChI is InChI=1S/C44H58N16O17/c1-21-17-57(41(74)53-33(21)66)9-5-25(45)37(70)46-13-29(61)50-26(6-10-58-18-22(2)34(67)54-42(58)75)38(71)47-14-30(62)51-27(7-11-59-19-23(3)35(68)55-43(59)76)39(72)48-15-31(63)52-28(40(73)49-16-32(64)65)8-12-60-20-24(4)36(69)56-44(60)77/h17-20,25-28H,5-16,45H2,1-4H3,(H,46,70)(H,47,71)(H,48,72)(H,49,73)(H,50,61)(H,51,62)(H,52,63)(H,64,65)(H,53,66,74)(H,54,67,75)(H,55,68,76)(H,56,69,77). The van der Waals surface area contributed by atoms with E-state index in [1.165, 1.54) is 52.5 Å². The molecule has 14 N–H and O–H groups in total. The summed E-state index contributed by atoms with van der Waals surface area (Å²) in [4.78, 5) is 209. The van der Waals surface area contributed by atoms with Crippen molar-refractivity contribution in [3.63, 3.8) is 0 Å². The van der Waals surface area contributed by atoms with E-state index in [1.807, 2.05) is 0 Å². The molecule has 0 aromatic carbocycles. The lowest BCUT2D eigenvalue weighted by Gasteiger charge is -2.22. The fourth-order valence-corrected chi connectivity index (χ4v) is 7.06. The molecule has 0 radical (unpaired) electrons. The average molecular weight is 1080 g/mol. The number of carboxylic acids is 1. The molecule has 4 unspecified atom stereocenters.